The summed E-state index contributed by atoms with van der Waals surface area (Å²) in [5.74, 6) is 1.47. The van der Waals surface area contributed by atoms with E-state index in [4.69, 9.17) is 15.3 Å². The first-order valence-corrected chi connectivity index (χ1v) is 10.0. The van der Waals surface area contributed by atoms with Crippen LogP contribution in [-0.2, 0) is 7.05 Å². The normalized spacial score (nSPS) is 14.4. The largest absolute Gasteiger partial charge is 0.436 e. The molecule has 1 fully saturated rings. The van der Waals surface area contributed by atoms with Crippen molar-refractivity contribution in [3.8, 4) is 23.8 Å². The zero-order chi connectivity index (χ0) is 22.0. The maximum absolute atomic E-state index is 8.92. The van der Waals surface area contributed by atoms with Crippen LogP contribution in [0.2, 0.25) is 0 Å². The van der Waals surface area contributed by atoms with Crippen molar-refractivity contribution in [2.45, 2.75) is 45.1 Å². The number of nitrogens with one attached hydrogen (secondary N) is 1. The number of aryl methyl sites for hydroxylation is 3. The molecule has 2 aromatic heterocycles. The van der Waals surface area contributed by atoms with Gasteiger partial charge in [-0.05, 0) is 68.0 Å². The van der Waals surface area contributed by atoms with Crippen LogP contribution in [0.4, 0.5) is 5.95 Å². The molecule has 9 heteroatoms. The van der Waals surface area contributed by atoms with Crippen LogP contribution in [0.15, 0.2) is 18.2 Å². The van der Waals surface area contributed by atoms with Gasteiger partial charge in [-0.3, -0.25) is 0 Å². The van der Waals surface area contributed by atoms with E-state index in [-0.39, 0.29) is 5.54 Å². The van der Waals surface area contributed by atoms with Crippen LogP contribution in [0.1, 0.15) is 42.4 Å². The highest BCUT2D eigenvalue weighted by Gasteiger charge is 2.43. The van der Waals surface area contributed by atoms with E-state index in [2.05, 4.69) is 31.7 Å². The molecule has 1 saturated carbocycles. The number of nitrogens with zero attached hydrogens (tertiary/aromatic N) is 7. The Morgan fingerprint density at radius 1 is 1.23 bits per heavy atom. The lowest BCUT2D eigenvalue weighted by Crippen LogP contribution is -2.22. The minimum Gasteiger partial charge on any atom is -0.436 e. The standard InChI is InChI=1S/C22H22N8O/c1-14-12-16(6-4-10-23)13-15(2)18(14)31-20-17-19(28-29-30(17)3)25-21(26-20)27-22(8-9-22)7-5-11-24/h4,6,12-13H,5,7-9H2,1-3H3,(H,25,26,27)/b6-4+. The monoisotopic (exact) mass is 414 g/mol. The van der Waals surface area contributed by atoms with Crippen molar-refractivity contribution in [3.05, 3.63) is 34.9 Å². The molecule has 156 valence electrons. The van der Waals surface area contributed by atoms with Crippen LogP contribution >= 0.6 is 0 Å². The average molecular weight is 414 g/mol. The second-order valence-corrected chi connectivity index (χ2v) is 7.85. The summed E-state index contributed by atoms with van der Waals surface area (Å²) in [6.45, 7) is 3.90. The number of hydrogen-bond acceptors (Lipinski definition) is 8. The molecule has 9 nitrogen and oxygen atoms in total. The highest BCUT2D eigenvalue weighted by Crippen LogP contribution is 2.43. The minimum atomic E-state index is -0.135. The van der Waals surface area contributed by atoms with Crippen LogP contribution in [0, 0.1) is 36.5 Å². The quantitative estimate of drug-likeness (QED) is 0.576. The molecule has 0 saturated heterocycles. The van der Waals surface area contributed by atoms with Crippen molar-refractivity contribution < 1.29 is 4.74 Å². The molecule has 0 aliphatic heterocycles. The van der Waals surface area contributed by atoms with E-state index in [1.807, 2.05) is 32.0 Å². The predicted molar refractivity (Wildman–Crippen MR) is 115 cm³/mol. The Morgan fingerprint density at radius 3 is 2.61 bits per heavy atom. The van der Waals surface area contributed by atoms with Crippen LogP contribution in [0.25, 0.3) is 17.2 Å². The summed E-state index contributed by atoms with van der Waals surface area (Å²) in [5, 5.41) is 29.3. The molecule has 31 heavy (non-hydrogen) atoms. The number of anilines is 1. The number of benzene rings is 1. The highest BCUT2D eigenvalue weighted by atomic mass is 16.5. The van der Waals surface area contributed by atoms with Crippen LogP contribution in [-0.4, -0.2) is 30.5 Å². The fourth-order valence-electron chi connectivity index (χ4n) is 3.65. The molecule has 0 bridgehead atoms. The van der Waals surface area contributed by atoms with Crippen molar-refractivity contribution in [1.29, 1.82) is 10.5 Å². The topological polar surface area (TPSA) is 125 Å². The van der Waals surface area contributed by atoms with Gasteiger partial charge in [-0.25, -0.2) is 4.68 Å². The molecule has 0 spiro atoms. The Kier molecular flexibility index (Phi) is 5.26. The molecule has 1 N–H and O–H groups in total. The van der Waals surface area contributed by atoms with Gasteiger partial charge in [0, 0.05) is 25.1 Å². The molecule has 1 aliphatic rings. The Bertz CT molecular complexity index is 1230. The number of hydrogen-bond donors (Lipinski definition) is 1. The molecule has 1 aromatic carbocycles. The van der Waals surface area contributed by atoms with E-state index in [1.54, 1.807) is 17.8 Å². The summed E-state index contributed by atoms with van der Waals surface area (Å²) in [5.41, 5.74) is 3.66. The molecule has 4 rings (SSSR count). The van der Waals surface area contributed by atoms with Gasteiger partial charge in [0.1, 0.15) is 5.75 Å². The van der Waals surface area contributed by atoms with Gasteiger partial charge in [0.2, 0.25) is 11.6 Å². The summed E-state index contributed by atoms with van der Waals surface area (Å²) in [7, 11) is 1.77. The first kappa shape index (κ1) is 20.3. The summed E-state index contributed by atoms with van der Waals surface area (Å²) in [6, 6.07) is 8.12. The van der Waals surface area contributed by atoms with E-state index in [9.17, 15) is 0 Å². The van der Waals surface area contributed by atoms with E-state index in [0.29, 0.717) is 35.2 Å². The molecule has 3 aromatic rings. The zero-order valence-corrected chi connectivity index (χ0v) is 17.7. The first-order chi connectivity index (χ1) is 14.9. The van der Waals surface area contributed by atoms with Crippen LogP contribution < -0.4 is 10.1 Å². The smallest absolute Gasteiger partial charge is 0.252 e. The third-order valence-corrected chi connectivity index (χ3v) is 5.41. The first-order valence-electron chi connectivity index (χ1n) is 10.0. The second kappa shape index (κ2) is 8.04. The third kappa shape index (κ3) is 4.17. The minimum absolute atomic E-state index is 0.135. The number of ether oxygens (including phenoxy) is 1. The van der Waals surface area contributed by atoms with Gasteiger partial charge in [0.15, 0.2) is 5.52 Å². The van der Waals surface area contributed by atoms with E-state index >= 15 is 0 Å². The fourth-order valence-corrected chi connectivity index (χ4v) is 3.65. The van der Waals surface area contributed by atoms with Gasteiger partial charge in [-0.1, -0.05) is 5.21 Å². The van der Waals surface area contributed by atoms with Crippen molar-refractivity contribution >= 4 is 23.2 Å². The molecule has 1 aliphatic carbocycles. The van der Waals surface area contributed by atoms with Crippen molar-refractivity contribution in [3.63, 3.8) is 0 Å². The van der Waals surface area contributed by atoms with Crippen molar-refractivity contribution in [2.75, 3.05) is 5.32 Å². The van der Waals surface area contributed by atoms with Gasteiger partial charge < -0.3 is 10.1 Å². The molecule has 0 amide bonds. The number of nitriles is 2. The van der Waals surface area contributed by atoms with E-state index in [0.717, 1.165) is 36.0 Å². The third-order valence-electron chi connectivity index (χ3n) is 5.41. The summed E-state index contributed by atoms with van der Waals surface area (Å²) >= 11 is 0. The second-order valence-electron chi connectivity index (χ2n) is 7.85. The number of fused-ring (bicyclic) bond motifs is 1. The van der Waals surface area contributed by atoms with E-state index in [1.165, 1.54) is 6.08 Å². The molecular formula is C22H22N8O. The van der Waals surface area contributed by atoms with Crippen LogP contribution in [0.5, 0.6) is 11.6 Å². The highest BCUT2D eigenvalue weighted by molar-refractivity contribution is 5.77. The lowest BCUT2D eigenvalue weighted by Gasteiger charge is -2.17. The van der Waals surface area contributed by atoms with Crippen molar-refractivity contribution in [1.82, 2.24) is 25.0 Å². The van der Waals surface area contributed by atoms with Gasteiger partial charge in [0.05, 0.1) is 12.1 Å². The van der Waals surface area contributed by atoms with Gasteiger partial charge in [0.25, 0.3) is 5.88 Å². The number of rotatable bonds is 7. The SMILES string of the molecule is Cc1cc(/C=C/C#N)cc(C)c1Oc1nc(NC2(CCC#N)CC2)nc2nnn(C)c12. The Hall–Kier alpha value is -3.98. The number of allylic oxidation sites excluding steroid dienone is 1. The van der Waals surface area contributed by atoms with E-state index < -0.39 is 0 Å². The maximum Gasteiger partial charge on any atom is 0.252 e. The molecule has 2 heterocycles. The predicted octanol–water partition coefficient (Wildman–Crippen LogP) is 3.95. The van der Waals surface area contributed by atoms with Crippen molar-refractivity contribution in [2.24, 2.45) is 7.05 Å². The van der Waals surface area contributed by atoms with Gasteiger partial charge >= 0.3 is 0 Å². The lowest BCUT2D eigenvalue weighted by atomic mass is 10.1. The average Bonchev–Trinajstić information content (AvgIpc) is 3.40. The molecule has 0 atom stereocenters. The van der Waals surface area contributed by atoms with Gasteiger partial charge in [-0.2, -0.15) is 20.5 Å². The fraction of sp³-hybridized carbons (Fsp3) is 0.364. The Morgan fingerprint density at radius 2 is 1.97 bits per heavy atom. The Balaban J connectivity index is 1.71. The van der Waals surface area contributed by atoms with Crippen LogP contribution in [0.3, 0.4) is 0 Å². The Labute approximate surface area is 180 Å². The van der Waals surface area contributed by atoms with Gasteiger partial charge in [-0.15, -0.1) is 5.10 Å². The maximum atomic E-state index is 8.92. The zero-order valence-electron chi connectivity index (χ0n) is 17.7. The summed E-state index contributed by atoms with van der Waals surface area (Å²) < 4.78 is 7.86. The lowest BCUT2D eigenvalue weighted by molar-refractivity contribution is 0.458. The molecule has 0 radical (unpaired) electrons. The summed E-state index contributed by atoms with van der Waals surface area (Å²) in [6.07, 6.45) is 6.38. The summed E-state index contributed by atoms with van der Waals surface area (Å²) in [4.78, 5) is 9.14. The number of aromatic nitrogens is 5. The molecular weight excluding hydrogens is 392 g/mol. The molecule has 0 unspecified atom stereocenters.